The van der Waals surface area contributed by atoms with Crippen molar-refractivity contribution in [3.8, 4) is 23.0 Å². The van der Waals surface area contributed by atoms with E-state index in [0.717, 1.165) is 44.9 Å². The number of esters is 4. The van der Waals surface area contributed by atoms with E-state index in [0.29, 0.717) is 117 Å². The van der Waals surface area contributed by atoms with Gasteiger partial charge in [0.25, 0.3) is 0 Å². The second kappa shape index (κ2) is 21.9. The van der Waals surface area contributed by atoms with Gasteiger partial charge in [-0.15, -0.1) is 0 Å². The molecule has 0 heterocycles. The molecule has 59 heavy (non-hydrogen) atoms. The van der Waals surface area contributed by atoms with E-state index in [1.54, 1.807) is 76.2 Å². The lowest BCUT2D eigenvalue weighted by molar-refractivity contribution is 0.0490. The Hall–Kier alpha value is -5.64. The van der Waals surface area contributed by atoms with Crippen LogP contribution in [0.3, 0.4) is 0 Å². The Kier molecular flexibility index (Phi) is 17.1. The standard InChI is InChI=1S/C49H60O10/c1-9-34-26-40(27-35(10-2)42(34)50)48(54)58-44-30(5)22-38(23-31(44)6)46(52)56-20-18-16-14-13-15-17-19-21-57-47(53)39-24-32(7)45(33(8)25-39)59-49(55)41-28-36(11-3)43(51)37(12-4)29-41/h22-29,50-51H,9-21H2,1-8H3. The van der Waals surface area contributed by atoms with E-state index in [1.807, 2.05) is 27.7 Å². The summed E-state index contributed by atoms with van der Waals surface area (Å²) < 4.78 is 22.6. The normalized spacial score (nSPS) is 11.0. The average molecular weight is 809 g/mol. The van der Waals surface area contributed by atoms with Crippen LogP contribution in [0.2, 0.25) is 0 Å². The van der Waals surface area contributed by atoms with Gasteiger partial charge in [-0.25, -0.2) is 19.2 Å². The van der Waals surface area contributed by atoms with E-state index in [1.165, 1.54) is 0 Å². The molecule has 4 aromatic rings. The minimum atomic E-state index is -0.519. The Balaban J connectivity index is 1.12. The van der Waals surface area contributed by atoms with Gasteiger partial charge in [0.15, 0.2) is 0 Å². The molecule has 0 fully saturated rings. The number of aromatic hydroxyl groups is 2. The van der Waals surface area contributed by atoms with Crippen LogP contribution in [0.15, 0.2) is 48.5 Å². The summed E-state index contributed by atoms with van der Waals surface area (Å²) in [4.78, 5) is 51.7. The van der Waals surface area contributed by atoms with Crippen molar-refractivity contribution in [3.05, 3.63) is 115 Å². The number of hydrogen-bond donors (Lipinski definition) is 2. The van der Waals surface area contributed by atoms with Crippen molar-refractivity contribution in [2.45, 2.75) is 126 Å². The molecular formula is C49H60O10. The molecule has 0 unspecified atom stereocenters. The Labute approximate surface area is 348 Å². The number of carbonyl (C=O) groups excluding carboxylic acids is 4. The van der Waals surface area contributed by atoms with Crippen LogP contribution in [-0.4, -0.2) is 47.3 Å². The average Bonchev–Trinajstić information content (AvgIpc) is 3.22. The molecule has 10 nitrogen and oxygen atoms in total. The maximum Gasteiger partial charge on any atom is 0.343 e. The van der Waals surface area contributed by atoms with Crippen molar-refractivity contribution in [1.29, 1.82) is 0 Å². The summed E-state index contributed by atoms with van der Waals surface area (Å²) in [5.41, 5.74) is 6.90. The summed E-state index contributed by atoms with van der Waals surface area (Å²) in [6.45, 7) is 15.4. The zero-order chi connectivity index (χ0) is 43.2. The number of aryl methyl sites for hydroxylation is 8. The molecule has 0 bridgehead atoms. The minimum absolute atomic E-state index is 0.217. The van der Waals surface area contributed by atoms with Crippen molar-refractivity contribution >= 4 is 23.9 Å². The molecular weight excluding hydrogens is 749 g/mol. The highest BCUT2D eigenvalue weighted by Crippen LogP contribution is 2.31. The molecule has 10 heteroatoms. The number of ether oxygens (including phenoxy) is 4. The van der Waals surface area contributed by atoms with Crippen LogP contribution in [0, 0.1) is 27.7 Å². The molecule has 4 aromatic carbocycles. The highest BCUT2D eigenvalue weighted by molar-refractivity contribution is 5.94. The van der Waals surface area contributed by atoms with Gasteiger partial charge in [0.1, 0.15) is 23.0 Å². The fraction of sp³-hybridized carbons (Fsp3) is 0.429. The maximum atomic E-state index is 13.1. The zero-order valence-electron chi connectivity index (χ0n) is 36.0. The molecule has 2 N–H and O–H groups in total. The molecule has 316 valence electrons. The summed E-state index contributed by atoms with van der Waals surface area (Å²) in [6, 6.07) is 13.3. The first kappa shape index (κ1) is 46.1. The van der Waals surface area contributed by atoms with Crippen LogP contribution in [0.25, 0.3) is 0 Å². The number of hydrogen-bond acceptors (Lipinski definition) is 10. The van der Waals surface area contributed by atoms with Crippen molar-refractivity contribution in [2.75, 3.05) is 13.2 Å². The van der Waals surface area contributed by atoms with E-state index >= 15 is 0 Å². The first-order valence-corrected chi connectivity index (χ1v) is 20.9. The molecule has 0 aliphatic carbocycles. The Morgan fingerprint density at radius 3 is 0.932 bits per heavy atom. The molecule has 0 aliphatic rings. The Morgan fingerprint density at radius 1 is 0.407 bits per heavy atom. The maximum absolute atomic E-state index is 13.1. The van der Waals surface area contributed by atoms with Crippen LogP contribution < -0.4 is 9.47 Å². The lowest BCUT2D eigenvalue weighted by Gasteiger charge is -2.14. The third-order valence-electron chi connectivity index (χ3n) is 10.6. The summed E-state index contributed by atoms with van der Waals surface area (Å²) >= 11 is 0. The van der Waals surface area contributed by atoms with Gasteiger partial charge < -0.3 is 29.2 Å². The molecule has 4 rings (SSSR count). The third-order valence-corrected chi connectivity index (χ3v) is 10.6. The first-order valence-electron chi connectivity index (χ1n) is 20.9. The predicted octanol–water partition coefficient (Wildman–Crippen LogP) is 10.8. The summed E-state index contributed by atoms with van der Waals surface area (Å²) in [5, 5.41) is 20.8. The first-order chi connectivity index (χ1) is 28.2. The van der Waals surface area contributed by atoms with Crippen molar-refractivity contribution in [3.63, 3.8) is 0 Å². The van der Waals surface area contributed by atoms with Gasteiger partial charge in [-0.3, -0.25) is 0 Å². The van der Waals surface area contributed by atoms with Gasteiger partial charge in [-0.1, -0.05) is 59.8 Å². The molecule has 0 saturated carbocycles. The van der Waals surface area contributed by atoms with Crippen molar-refractivity contribution < 1.29 is 48.3 Å². The van der Waals surface area contributed by atoms with E-state index in [2.05, 4.69) is 0 Å². The van der Waals surface area contributed by atoms with Gasteiger partial charge in [0.05, 0.1) is 35.5 Å². The molecule has 0 radical (unpaired) electrons. The third kappa shape index (κ3) is 12.2. The molecule has 0 atom stereocenters. The van der Waals surface area contributed by atoms with Crippen molar-refractivity contribution in [1.82, 2.24) is 0 Å². The molecule has 0 amide bonds. The van der Waals surface area contributed by atoms with E-state index in [9.17, 15) is 29.4 Å². The van der Waals surface area contributed by atoms with Gasteiger partial charge in [0, 0.05) is 0 Å². The minimum Gasteiger partial charge on any atom is -0.507 e. The van der Waals surface area contributed by atoms with E-state index < -0.39 is 23.9 Å². The summed E-state index contributed by atoms with van der Waals surface area (Å²) in [6.07, 6.45) is 8.70. The van der Waals surface area contributed by atoms with Crippen LogP contribution in [0.1, 0.15) is 159 Å². The molecule has 0 spiro atoms. The SMILES string of the molecule is CCc1cc(C(=O)Oc2c(C)cc(C(=O)OCCCCCCCCCOC(=O)c3cc(C)c(OC(=O)c4cc(CC)c(O)c(CC)c4)c(C)c3)cc2C)cc(CC)c1O. The Morgan fingerprint density at radius 2 is 0.661 bits per heavy atom. The summed E-state index contributed by atoms with van der Waals surface area (Å²) in [5.74, 6) is -0.654. The number of rotatable bonds is 20. The zero-order valence-corrected chi connectivity index (χ0v) is 36.0. The smallest absolute Gasteiger partial charge is 0.343 e. The number of carbonyl (C=O) groups is 4. The number of benzene rings is 4. The van der Waals surface area contributed by atoms with Gasteiger partial charge in [-0.2, -0.15) is 0 Å². The summed E-state index contributed by atoms with van der Waals surface area (Å²) in [7, 11) is 0. The van der Waals surface area contributed by atoms with E-state index in [-0.39, 0.29) is 11.5 Å². The number of phenols is 2. The van der Waals surface area contributed by atoms with Crippen molar-refractivity contribution in [2.24, 2.45) is 0 Å². The molecule has 0 aromatic heterocycles. The quantitative estimate of drug-likeness (QED) is 0.0502. The second-order valence-electron chi connectivity index (χ2n) is 15.1. The predicted molar refractivity (Wildman–Crippen MR) is 228 cm³/mol. The fourth-order valence-electron chi connectivity index (χ4n) is 7.18. The largest absolute Gasteiger partial charge is 0.507 e. The lowest BCUT2D eigenvalue weighted by atomic mass is 10.0. The monoisotopic (exact) mass is 808 g/mol. The van der Waals surface area contributed by atoms with Crippen LogP contribution in [0.5, 0.6) is 23.0 Å². The van der Waals surface area contributed by atoms with Crippen LogP contribution in [0.4, 0.5) is 0 Å². The van der Waals surface area contributed by atoms with Gasteiger partial charge >= 0.3 is 23.9 Å². The molecule has 0 saturated heterocycles. The van der Waals surface area contributed by atoms with Gasteiger partial charge in [-0.05, 0) is 159 Å². The van der Waals surface area contributed by atoms with Crippen LogP contribution in [-0.2, 0) is 35.2 Å². The highest BCUT2D eigenvalue weighted by Gasteiger charge is 2.21. The number of phenolic OH excluding ortho intramolecular Hbond substituents is 2. The number of unbranched alkanes of at least 4 members (excludes halogenated alkanes) is 6. The highest BCUT2D eigenvalue weighted by atomic mass is 16.5. The second-order valence-corrected chi connectivity index (χ2v) is 15.1. The molecule has 0 aliphatic heterocycles. The topological polar surface area (TPSA) is 146 Å². The Bertz CT molecular complexity index is 1900. The fourth-order valence-corrected chi connectivity index (χ4v) is 7.18. The van der Waals surface area contributed by atoms with Crippen LogP contribution >= 0.6 is 0 Å². The lowest BCUT2D eigenvalue weighted by Crippen LogP contribution is -2.13. The van der Waals surface area contributed by atoms with E-state index in [4.69, 9.17) is 18.9 Å². The van der Waals surface area contributed by atoms with Gasteiger partial charge in [0.2, 0.25) is 0 Å².